The highest BCUT2D eigenvalue weighted by Crippen LogP contribution is 2.25. The molecule has 3 nitrogen and oxygen atoms in total. The molecule has 15 heavy (non-hydrogen) atoms. The molecule has 1 fully saturated rings. The van der Waals surface area contributed by atoms with Gasteiger partial charge in [-0.05, 0) is 20.0 Å². The molecule has 1 aliphatic heterocycles. The number of hydrogen-bond acceptors (Lipinski definition) is 4. The first-order valence-electron chi connectivity index (χ1n) is 5.12. The number of likely N-dealkylation sites (N-methyl/N-ethyl adjacent to an activating group) is 2. The molecule has 84 valence electrons. The maximum absolute atomic E-state index is 5.75. The molecule has 0 spiro atoms. The predicted octanol–water partition coefficient (Wildman–Crippen LogP) is 2.02. The highest BCUT2D eigenvalue weighted by molar-refractivity contribution is 7.13. The Bertz CT molecular complexity index is 328. The zero-order chi connectivity index (χ0) is 10.8. The van der Waals surface area contributed by atoms with Gasteiger partial charge in [0.1, 0.15) is 0 Å². The lowest BCUT2D eigenvalue weighted by atomic mass is 10.2. The van der Waals surface area contributed by atoms with E-state index in [9.17, 15) is 0 Å². The first kappa shape index (κ1) is 11.2. The Morgan fingerprint density at radius 2 is 2.53 bits per heavy atom. The fourth-order valence-electron chi connectivity index (χ4n) is 1.90. The molecule has 2 rings (SSSR count). The SMILES string of the molecule is CN1CCC(N(C)c2nc(CCl)cs2)C1. The number of halogens is 1. The predicted molar refractivity (Wildman–Crippen MR) is 66.0 cm³/mol. The van der Waals surface area contributed by atoms with Gasteiger partial charge < -0.3 is 9.80 Å². The summed E-state index contributed by atoms with van der Waals surface area (Å²) in [6.45, 7) is 2.31. The van der Waals surface area contributed by atoms with Crippen molar-refractivity contribution in [3.8, 4) is 0 Å². The normalized spacial score (nSPS) is 22.2. The maximum atomic E-state index is 5.75. The van der Waals surface area contributed by atoms with Gasteiger partial charge in [-0.1, -0.05) is 0 Å². The van der Waals surface area contributed by atoms with Gasteiger partial charge in [0.05, 0.1) is 11.6 Å². The molecule has 2 heterocycles. The summed E-state index contributed by atoms with van der Waals surface area (Å²) in [4.78, 5) is 9.13. The van der Waals surface area contributed by atoms with E-state index in [0.717, 1.165) is 17.4 Å². The number of rotatable bonds is 3. The number of aromatic nitrogens is 1. The van der Waals surface area contributed by atoms with E-state index in [1.807, 2.05) is 5.38 Å². The molecule has 1 aromatic heterocycles. The molecule has 0 N–H and O–H groups in total. The Kier molecular flexibility index (Phi) is 3.49. The minimum Gasteiger partial charge on any atom is -0.347 e. The van der Waals surface area contributed by atoms with Gasteiger partial charge in [0.15, 0.2) is 5.13 Å². The van der Waals surface area contributed by atoms with Crippen LogP contribution >= 0.6 is 22.9 Å². The lowest BCUT2D eigenvalue weighted by Gasteiger charge is -2.23. The number of hydrogen-bond donors (Lipinski definition) is 0. The highest BCUT2D eigenvalue weighted by atomic mass is 35.5. The minimum atomic E-state index is 0.509. The van der Waals surface area contributed by atoms with E-state index in [1.165, 1.54) is 13.0 Å². The molecule has 0 bridgehead atoms. The Hall–Kier alpha value is -0.320. The number of nitrogens with zero attached hydrogens (tertiary/aromatic N) is 3. The molecule has 0 aliphatic carbocycles. The van der Waals surface area contributed by atoms with Crippen LogP contribution in [-0.2, 0) is 5.88 Å². The summed E-state index contributed by atoms with van der Waals surface area (Å²) < 4.78 is 0. The smallest absolute Gasteiger partial charge is 0.185 e. The lowest BCUT2D eigenvalue weighted by molar-refractivity contribution is 0.409. The molecule has 1 atom stereocenters. The van der Waals surface area contributed by atoms with Crippen LogP contribution in [0.2, 0.25) is 0 Å². The Morgan fingerprint density at radius 3 is 3.07 bits per heavy atom. The van der Waals surface area contributed by atoms with Gasteiger partial charge in [0.25, 0.3) is 0 Å². The molecule has 0 aromatic carbocycles. The molecule has 1 aromatic rings. The quantitative estimate of drug-likeness (QED) is 0.760. The largest absolute Gasteiger partial charge is 0.347 e. The van der Waals surface area contributed by atoms with Gasteiger partial charge in [0.2, 0.25) is 0 Å². The minimum absolute atomic E-state index is 0.509. The third-order valence-electron chi connectivity index (χ3n) is 2.89. The standard InChI is InChI=1S/C10H16ClN3S/c1-13-4-3-9(6-13)14(2)10-12-8(5-11)7-15-10/h7,9H,3-6H2,1-2H3. The van der Waals surface area contributed by atoms with Gasteiger partial charge in [0, 0.05) is 25.0 Å². The lowest BCUT2D eigenvalue weighted by Crippen LogP contribution is -2.33. The van der Waals surface area contributed by atoms with Crippen LogP contribution in [0.15, 0.2) is 5.38 Å². The molecule has 1 saturated heterocycles. The summed E-state index contributed by atoms with van der Waals surface area (Å²) >= 11 is 7.43. The number of anilines is 1. The van der Waals surface area contributed by atoms with Gasteiger partial charge >= 0.3 is 0 Å². The monoisotopic (exact) mass is 245 g/mol. The zero-order valence-corrected chi connectivity index (χ0v) is 10.7. The van der Waals surface area contributed by atoms with Crippen LogP contribution in [0.25, 0.3) is 0 Å². The first-order chi connectivity index (χ1) is 7.20. The van der Waals surface area contributed by atoms with Crippen molar-refractivity contribution in [2.75, 3.05) is 32.1 Å². The van der Waals surface area contributed by atoms with Crippen LogP contribution in [0.3, 0.4) is 0 Å². The summed E-state index contributed by atoms with van der Waals surface area (Å²) in [6.07, 6.45) is 1.22. The summed E-state index contributed by atoms with van der Waals surface area (Å²) in [7, 11) is 4.29. The van der Waals surface area contributed by atoms with Crippen LogP contribution in [0.1, 0.15) is 12.1 Å². The third kappa shape index (κ3) is 2.44. The van der Waals surface area contributed by atoms with Gasteiger partial charge in [-0.15, -0.1) is 22.9 Å². The van der Waals surface area contributed by atoms with Crippen LogP contribution < -0.4 is 4.90 Å². The van der Waals surface area contributed by atoms with E-state index < -0.39 is 0 Å². The van der Waals surface area contributed by atoms with E-state index in [4.69, 9.17) is 11.6 Å². The fourth-order valence-corrected chi connectivity index (χ4v) is 2.99. The van der Waals surface area contributed by atoms with Gasteiger partial charge in [-0.25, -0.2) is 4.98 Å². The van der Waals surface area contributed by atoms with Crippen molar-refractivity contribution in [2.24, 2.45) is 0 Å². The molecule has 0 saturated carbocycles. The van der Waals surface area contributed by atoms with E-state index in [1.54, 1.807) is 11.3 Å². The van der Waals surface area contributed by atoms with E-state index in [0.29, 0.717) is 11.9 Å². The van der Waals surface area contributed by atoms with Crippen LogP contribution in [0.5, 0.6) is 0 Å². The molecular formula is C10H16ClN3S. The molecule has 0 radical (unpaired) electrons. The van der Waals surface area contributed by atoms with Crippen molar-refractivity contribution in [1.82, 2.24) is 9.88 Å². The molecular weight excluding hydrogens is 230 g/mol. The highest BCUT2D eigenvalue weighted by Gasteiger charge is 2.24. The Morgan fingerprint density at radius 1 is 1.73 bits per heavy atom. The average molecular weight is 246 g/mol. The second kappa shape index (κ2) is 4.68. The van der Waals surface area contributed by atoms with Crippen LogP contribution in [-0.4, -0.2) is 43.1 Å². The van der Waals surface area contributed by atoms with Crippen molar-refractivity contribution < 1.29 is 0 Å². The Labute approximate surface area is 99.7 Å². The summed E-state index contributed by atoms with van der Waals surface area (Å²) in [5.74, 6) is 0.509. The van der Waals surface area contributed by atoms with E-state index in [-0.39, 0.29) is 0 Å². The van der Waals surface area contributed by atoms with E-state index >= 15 is 0 Å². The topological polar surface area (TPSA) is 19.4 Å². The summed E-state index contributed by atoms with van der Waals surface area (Å²) in [5.41, 5.74) is 0.981. The van der Waals surface area contributed by atoms with Crippen LogP contribution in [0, 0.1) is 0 Å². The van der Waals surface area contributed by atoms with Gasteiger partial charge in [-0.3, -0.25) is 0 Å². The zero-order valence-electron chi connectivity index (χ0n) is 9.11. The third-order valence-corrected chi connectivity index (χ3v) is 4.15. The fraction of sp³-hybridized carbons (Fsp3) is 0.700. The van der Waals surface area contributed by atoms with Crippen molar-refractivity contribution in [3.63, 3.8) is 0 Å². The number of alkyl halides is 1. The molecule has 5 heteroatoms. The molecule has 0 amide bonds. The summed E-state index contributed by atoms with van der Waals surface area (Å²) in [5, 5.41) is 3.13. The first-order valence-corrected chi connectivity index (χ1v) is 6.54. The summed E-state index contributed by atoms with van der Waals surface area (Å²) in [6, 6.07) is 0.601. The van der Waals surface area contributed by atoms with Crippen molar-refractivity contribution in [1.29, 1.82) is 0 Å². The molecule has 1 aliphatic rings. The van der Waals surface area contributed by atoms with Crippen molar-refractivity contribution in [2.45, 2.75) is 18.3 Å². The number of likely N-dealkylation sites (tertiary alicyclic amines) is 1. The van der Waals surface area contributed by atoms with Gasteiger partial charge in [-0.2, -0.15) is 0 Å². The second-order valence-corrected chi connectivity index (χ2v) is 5.17. The second-order valence-electron chi connectivity index (χ2n) is 4.07. The maximum Gasteiger partial charge on any atom is 0.185 e. The van der Waals surface area contributed by atoms with Crippen LogP contribution in [0.4, 0.5) is 5.13 Å². The average Bonchev–Trinajstić information content (AvgIpc) is 2.84. The molecule has 1 unspecified atom stereocenters. The Balaban J connectivity index is 2.03. The number of thiazole rings is 1. The van der Waals surface area contributed by atoms with Crippen molar-refractivity contribution >= 4 is 28.1 Å². The van der Waals surface area contributed by atoms with Crippen molar-refractivity contribution in [3.05, 3.63) is 11.1 Å². The van der Waals surface area contributed by atoms with E-state index in [2.05, 4.69) is 28.9 Å².